The first-order chi connectivity index (χ1) is 12.5. The van der Waals surface area contributed by atoms with E-state index in [2.05, 4.69) is 5.32 Å². The van der Waals surface area contributed by atoms with Gasteiger partial charge in [0.05, 0.1) is 5.56 Å². The number of nitriles is 1. The number of aromatic nitrogens is 1. The number of fused-ring (bicyclic) bond motifs is 4. The van der Waals surface area contributed by atoms with Gasteiger partial charge in [-0.05, 0) is 19.9 Å². The number of para-hydroxylation sites is 1. The largest absolute Gasteiger partial charge is 0.440 e. The first-order valence-corrected chi connectivity index (χ1v) is 8.20. The van der Waals surface area contributed by atoms with Gasteiger partial charge in [-0.1, -0.05) is 18.2 Å². The quantitative estimate of drug-likeness (QED) is 0.811. The van der Waals surface area contributed by atoms with E-state index >= 15 is 0 Å². The molecule has 0 aliphatic carbocycles. The number of nitrogens with one attached hydrogen (secondary N) is 1. The summed E-state index contributed by atoms with van der Waals surface area (Å²) >= 11 is 0. The lowest BCUT2D eigenvalue weighted by molar-refractivity contribution is -0.118. The number of benzene rings is 1. The van der Waals surface area contributed by atoms with Crippen LogP contribution in [0.3, 0.4) is 0 Å². The predicted octanol–water partition coefficient (Wildman–Crippen LogP) is 1.50. The molecule has 2 aliphatic heterocycles. The van der Waals surface area contributed by atoms with E-state index in [0.717, 1.165) is 0 Å². The topological polar surface area (TPSA) is 110 Å². The highest BCUT2D eigenvalue weighted by Crippen LogP contribution is 2.51. The van der Waals surface area contributed by atoms with Crippen LogP contribution in [0.4, 0.5) is 5.69 Å². The Balaban J connectivity index is 2.22. The maximum Gasteiger partial charge on any atom is 0.259 e. The number of carbonyl (C=O) groups excluding carboxylic acids is 1. The van der Waals surface area contributed by atoms with Crippen LogP contribution in [0.2, 0.25) is 0 Å². The highest BCUT2D eigenvalue weighted by molar-refractivity contribution is 6.12. The van der Waals surface area contributed by atoms with Crippen LogP contribution >= 0.6 is 0 Å². The molecule has 4 rings (SSSR count). The standard InChI is InChI=1S/C19H16N4O3/c1-3-23-10(2)8-14-15(17(23)24)19(12(9-20)16(21)26-14)11-6-4-5-7-13(11)22-18(19)25/h4-8H,3,21H2,1-2H3,(H,22,25). The van der Waals surface area contributed by atoms with Crippen LogP contribution < -0.4 is 21.3 Å². The van der Waals surface area contributed by atoms with Crippen molar-refractivity contribution in [1.82, 2.24) is 4.57 Å². The van der Waals surface area contributed by atoms with Crippen molar-refractivity contribution in [2.45, 2.75) is 25.8 Å². The molecular formula is C19H16N4O3. The molecule has 2 aliphatic rings. The van der Waals surface area contributed by atoms with Crippen molar-refractivity contribution in [3.63, 3.8) is 0 Å². The van der Waals surface area contributed by atoms with Gasteiger partial charge in [-0.2, -0.15) is 5.26 Å². The molecule has 1 spiro atoms. The van der Waals surface area contributed by atoms with Crippen LogP contribution in [0, 0.1) is 18.3 Å². The van der Waals surface area contributed by atoms with Crippen molar-refractivity contribution >= 4 is 11.6 Å². The fraction of sp³-hybridized carbons (Fsp3) is 0.211. The summed E-state index contributed by atoms with van der Waals surface area (Å²) < 4.78 is 7.14. The number of hydrogen-bond donors (Lipinski definition) is 2. The van der Waals surface area contributed by atoms with E-state index in [1.165, 1.54) is 0 Å². The molecule has 0 radical (unpaired) electrons. The first-order valence-electron chi connectivity index (χ1n) is 8.20. The summed E-state index contributed by atoms with van der Waals surface area (Å²) in [5.74, 6) is -0.438. The van der Waals surface area contributed by atoms with Crippen molar-refractivity contribution in [1.29, 1.82) is 5.26 Å². The molecule has 0 fully saturated rings. The van der Waals surface area contributed by atoms with Crippen molar-refractivity contribution in [3.8, 4) is 11.8 Å². The average molecular weight is 348 g/mol. The third-order valence-electron chi connectivity index (χ3n) is 5.04. The summed E-state index contributed by atoms with van der Waals surface area (Å²) in [6, 6.07) is 10.7. The SMILES string of the molecule is CCn1c(C)cc2c(c1=O)C1(C(=O)Nc3ccccc31)C(C#N)=C(N)O2. The van der Waals surface area contributed by atoms with Gasteiger partial charge in [-0.25, -0.2) is 0 Å². The fourth-order valence-electron chi connectivity index (χ4n) is 3.93. The summed E-state index contributed by atoms with van der Waals surface area (Å²) in [4.78, 5) is 26.4. The van der Waals surface area contributed by atoms with Crippen molar-refractivity contribution in [3.05, 3.63) is 69.0 Å². The number of amides is 1. The smallest absolute Gasteiger partial charge is 0.259 e. The highest BCUT2D eigenvalue weighted by Gasteiger charge is 2.58. The highest BCUT2D eigenvalue weighted by atomic mass is 16.5. The van der Waals surface area contributed by atoms with E-state index in [4.69, 9.17) is 10.5 Å². The van der Waals surface area contributed by atoms with Gasteiger partial charge in [-0.15, -0.1) is 0 Å². The zero-order valence-electron chi connectivity index (χ0n) is 14.3. The number of pyridine rings is 1. The van der Waals surface area contributed by atoms with Gasteiger partial charge in [0.15, 0.2) is 5.41 Å². The number of nitrogens with two attached hydrogens (primary N) is 1. The summed E-state index contributed by atoms with van der Waals surface area (Å²) in [5, 5.41) is 12.6. The van der Waals surface area contributed by atoms with Gasteiger partial charge in [0, 0.05) is 29.6 Å². The normalized spacial score (nSPS) is 20.3. The van der Waals surface area contributed by atoms with E-state index in [-0.39, 0.29) is 28.3 Å². The Morgan fingerprint density at radius 1 is 1.35 bits per heavy atom. The molecule has 0 saturated carbocycles. The summed E-state index contributed by atoms with van der Waals surface area (Å²) in [5.41, 5.74) is 5.83. The molecule has 26 heavy (non-hydrogen) atoms. The lowest BCUT2D eigenvalue weighted by atomic mass is 9.69. The second-order valence-corrected chi connectivity index (χ2v) is 6.28. The first kappa shape index (κ1) is 16.0. The van der Waals surface area contributed by atoms with Gasteiger partial charge in [0.2, 0.25) is 11.8 Å². The number of nitrogens with zero attached hydrogens (tertiary/aromatic N) is 2. The second-order valence-electron chi connectivity index (χ2n) is 6.28. The Morgan fingerprint density at radius 2 is 2.08 bits per heavy atom. The molecule has 1 aromatic heterocycles. The van der Waals surface area contributed by atoms with E-state index < -0.39 is 11.3 Å². The molecule has 0 bridgehead atoms. The van der Waals surface area contributed by atoms with Crippen LogP contribution in [0.1, 0.15) is 23.7 Å². The minimum absolute atomic E-state index is 0.0731. The average Bonchev–Trinajstić information content (AvgIpc) is 2.88. The van der Waals surface area contributed by atoms with Crippen molar-refractivity contribution in [2.75, 3.05) is 5.32 Å². The number of anilines is 1. The molecule has 0 saturated heterocycles. The number of ether oxygens (including phenoxy) is 1. The molecule has 7 nitrogen and oxygen atoms in total. The fourth-order valence-corrected chi connectivity index (χ4v) is 3.93. The Labute approximate surface area is 149 Å². The number of aryl methyl sites for hydroxylation is 1. The Bertz CT molecular complexity index is 1110. The third kappa shape index (κ3) is 1.70. The van der Waals surface area contributed by atoms with Gasteiger partial charge < -0.3 is 20.4 Å². The molecular weight excluding hydrogens is 332 g/mol. The summed E-state index contributed by atoms with van der Waals surface area (Å²) in [6.45, 7) is 4.05. The summed E-state index contributed by atoms with van der Waals surface area (Å²) in [7, 11) is 0. The number of carbonyl (C=O) groups is 1. The Morgan fingerprint density at radius 3 is 2.77 bits per heavy atom. The van der Waals surface area contributed by atoms with E-state index in [0.29, 0.717) is 23.5 Å². The van der Waals surface area contributed by atoms with Crippen LogP contribution in [-0.2, 0) is 16.8 Å². The Kier molecular flexibility index (Phi) is 3.21. The molecule has 1 amide bonds. The van der Waals surface area contributed by atoms with Crippen molar-refractivity contribution in [2.24, 2.45) is 5.73 Å². The van der Waals surface area contributed by atoms with Crippen LogP contribution in [0.5, 0.6) is 5.75 Å². The zero-order chi connectivity index (χ0) is 18.6. The predicted molar refractivity (Wildman–Crippen MR) is 94.4 cm³/mol. The summed E-state index contributed by atoms with van der Waals surface area (Å²) in [6.07, 6.45) is 0. The molecule has 1 unspecified atom stereocenters. The van der Waals surface area contributed by atoms with E-state index in [1.807, 2.05) is 13.0 Å². The van der Waals surface area contributed by atoms with Crippen LogP contribution in [0.25, 0.3) is 0 Å². The molecule has 130 valence electrons. The van der Waals surface area contributed by atoms with Gasteiger partial charge in [-0.3, -0.25) is 9.59 Å². The van der Waals surface area contributed by atoms with Gasteiger partial charge in [0.25, 0.3) is 5.56 Å². The lowest BCUT2D eigenvalue weighted by Gasteiger charge is -2.33. The van der Waals surface area contributed by atoms with Crippen LogP contribution in [-0.4, -0.2) is 10.5 Å². The van der Waals surface area contributed by atoms with Gasteiger partial charge in [0.1, 0.15) is 17.4 Å². The lowest BCUT2D eigenvalue weighted by Crippen LogP contribution is -2.47. The van der Waals surface area contributed by atoms with E-state index in [1.54, 1.807) is 41.8 Å². The minimum Gasteiger partial charge on any atom is -0.440 e. The molecule has 3 N–H and O–H groups in total. The molecule has 2 aromatic rings. The third-order valence-corrected chi connectivity index (χ3v) is 5.04. The molecule has 1 atom stereocenters. The number of rotatable bonds is 1. The van der Waals surface area contributed by atoms with Crippen molar-refractivity contribution < 1.29 is 9.53 Å². The molecule has 1 aromatic carbocycles. The van der Waals surface area contributed by atoms with Crippen LogP contribution in [0.15, 0.2) is 46.6 Å². The second kappa shape index (κ2) is 5.23. The monoisotopic (exact) mass is 348 g/mol. The Hall–Kier alpha value is -3.53. The van der Waals surface area contributed by atoms with Gasteiger partial charge >= 0.3 is 0 Å². The number of hydrogen-bond acceptors (Lipinski definition) is 5. The maximum absolute atomic E-state index is 13.3. The zero-order valence-corrected chi connectivity index (χ0v) is 14.3. The molecule has 3 heterocycles. The molecule has 7 heteroatoms. The van der Waals surface area contributed by atoms with E-state index in [9.17, 15) is 14.9 Å². The maximum atomic E-state index is 13.3. The minimum atomic E-state index is -1.61.